The normalized spacial score (nSPS) is 16.9. The van der Waals surface area contributed by atoms with Crippen LogP contribution in [-0.2, 0) is 16.4 Å². The summed E-state index contributed by atoms with van der Waals surface area (Å²) in [6.45, 7) is 2.29. The maximum absolute atomic E-state index is 12.3. The second-order valence-corrected chi connectivity index (χ2v) is 8.03. The Hall–Kier alpha value is -1.08. The van der Waals surface area contributed by atoms with Crippen molar-refractivity contribution in [1.82, 2.24) is 9.78 Å². The molecule has 1 aliphatic rings. The van der Waals surface area contributed by atoms with Gasteiger partial charge in [-0.15, -0.1) is 0 Å². The van der Waals surface area contributed by atoms with Crippen LogP contribution < -0.4 is 10.9 Å². The van der Waals surface area contributed by atoms with Crippen molar-refractivity contribution in [2.24, 2.45) is 5.92 Å². The first kappa shape index (κ1) is 15.3. The van der Waals surface area contributed by atoms with E-state index in [2.05, 4.69) is 10.4 Å². The predicted molar refractivity (Wildman–Crippen MR) is 79.0 cm³/mol. The van der Waals surface area contributed by atoms with E-state index in [0.717, 1.165) is 19.1 Å². The largest absolute Gasteiger partial charge is 0.376 e. The molecular weight excluding hydrogens is 302 g/mol. The minimum Gasteiger partial charge on any atom is -0.376 e. The van der Waals surface area contributed by atoms with Crippen LogP contribution in [-0.4, -0.2) is 36.2 Å². The Kier molecular flexibility index (Phi) is 4.39. The van der Waals surface area contributed by atoms with Crippen LogP contribution in [0.2, 0.25) is 5.02 Å². The summed E-state index contributed by atoms with van der Waals surface area (Å²) in [6.07, 6.45) is 4.81. The van der Waals surface area contributed by atoms with Gasteiger partial charge in [-0.25, -0.2) is 13.1 Å². The van der Waals surface area contributed by atoms with E-state index in [1.807, 2.05) is 0 Å². The molecule has 1 heterocycles. The van der Waals surface area contributed by atoms with Crippen LogP contribution in [0.15, 0.2) is 11.0 Å². The third-order valence-corrected chi connectivity index (χ3v) is 4.46. The van der Waals surface area contributed by atoms with Gasteiger partial charge in [-0.1, -0.05) is 11.6 Å². The van der Waals surface area contributed by atoms with Crippen LogP contribution in [0.4, 0.5) is 5.69 Å². The lowest BCUT2D eigenvalue weighted by Gasteiger charge is -2.15. The molecule has 0 radical (unpaired) electrons. The predicted octanol–water partition coefficient (Wildman–Crippen LogP) is 1.15. The first-order chi connectivity index (χ1) is 9.26. The van der Waals surface area contributed by atoms with Crippen molar-refractivity contribution in [1.29, 1.82) is 0 Å². The van der Waals surface area contributed by atoms with E-state index in [9.17, 15) is 13.2 Å². The number of sulfone groups is 1. The summed E-state index contributed by atoms with van der Waals surface area (Å²) in [4.78, 5) is 12.3. The second-order valence-electron chi connectivity index (χ2n) is 5.44. The van der Waals surface area contributed by atoms with Crippen molar-refractivity contribution in [2.75, 3.05) is 17.3 Å². The van der Waals surface area contributed by atoms with Gasteiger partial charge >= 0.3 is 0 Å². The average Bonchev–Trinajstić information content (AvgIpc) is 3.10. The summed E-state index contributed by atoms with van der Waals surface area (Å²) in [5, 5.41) is 7.11. The Labute approximate surface area is 123 Å². The molecule has 0 aliphatic heterocycles. The highest BCUT2D eigenvalue weighted by Crippen LogP contribution is 2.30. The lowest BCUT2D eigenvalue weighted by atomic mass is 10.3. The Bertz CT molecular complexity index is 652. The molecule has 1 saturated carbocycles. The highest BCUT2D eigenvalue weighted by molar-refractivity contribution is 7.90. The summed E-state index contributed by atoms with van der Waals surface area (Å²) in [5.74, 6) is 0.455. The zero-order valence-corrected chi connectivity index (χ0v) is 13.0. The molecule has 20 heavy (non-hydrogen) atoms. The Morgan fingerprint density at radius 2 is 2.20 bits per heavy atom. The Morgan fingerprint density at radius 3 is 2.75 bits per heavy atom. The van der Waals surface area contributed by atoms with Crippen molar-refractivity contribution >= 4 is 27.1 Å². The second kappa shape index (κ2) is 5.73. The van der Waals surface area contributed by atoms with Gasteiger partial charge in [0, 0.05) is 18.8 Å². The van der Waals surface area contributed by atoms with E-state index in [1.165, 1.54) is 10.9 Å². The molecule has 1 aromatic heterocycles. The van der Waals surface area contributed by atoms with E-state index in [-0.39, 0.29) is 22.0 Å². The van der Waals surface area contributed by atoms with Gasteiger partial charge in [0.1, 0.15) is 15.5 Å². The van der Waals surface area contributed by atoms with Crippen molar-refractivity contribution in [3.63, 3.8) is 0 Å². The zero-order chi connectivity index (χ0) is 14.9. The fourth-order valence-corrected chi connectivity index (χ4v) is 3.19. The summed E-state index contributed by atoms with van der Waals surface area (Å²) in [7, 11) is -3.12. The Balaban J connectivity index is 2.19. The van der Waals surface area contributed by atoms with E-state index < -0.39 is 15.9 Å². The van der Waals surface area contributed by atoms with Crippen LogP contribution in [0.5, 0.6) is 0 Å². The molecule has 1 N–H and O–H groups in total. The van der Waals surface area contributed by atoms with E-state index in [4.69, 9.17) is 11.6 Å². The van der Waals surface area contributed by atoms with Crippen LogP contribution in [0.25, 0.3) is 0 Å². The molecule has 1 aliphatic carbocycles. The summed E-state index contributed by atoms with van der Waals surface area (Å²) in [6, 6.07) is -0.396. The average molecular weight is 320 g/mol. The minimum atomic E-state index is -3.12. The highest BCUT2D eigenvalue weighted by Gasteiger charge is 2.24. The molecule has 1 atom stereocenters. The molecule has 6 nitrogen and oxygen atoms in total. The maximum Gasteiger partial charge on any atom is 0.291 e. The van der Waals surface area contributed by atoms with Crippen molar-refractivity contribution in [3.8, 4) is 0 Å². The summed E-state index contributed by atoms with van der Waals surface area (Å²) >= 11 is 5.98. The fourth-order valence-electron chi connectivity index (χ4n) is 2.02. The number of halogens is 1. The van der Waals surface area contributed by atoms with Gasteiger partial charge in [-0.3, -0.25) is 4.79 Å². The molecule has 0 aromatic carbocycles. The third kappa shape index (κ3) is 4.21. The molecule has 1 aromatic rings. The monoisotopic (exact) mass is 319 g/mol. The van der Waals surface area contributed by atoms with E-state index >= 15 is 0 Å². The number of rotatable bonds is 6. The SMILES string of the molecule is CC(CS(C)(=O)=O)Nc1c(Cl)cnn(CC2CC2)c1=O. The van der Waals surface area contributed by atoms with Gasteiger partial charge in [-0.2, -0.15) is 5.10 Å². The number of anilines is 1. The van der Waals surface area contributed by atoms with Crippen LogP contribution in [0, 0.1) is 5.92 Å². The lowest BCUT2D eigenvalue weighted by Crippen LogP contribution is -2.32. The van der Waals surface area contributed by atoms with Crippen molar-refractivity contribution < 1.29 is 8.42 Å². The van der Waals surface area contributed by atoms with E-state index in [0.29, 0.717) is 12.5 Å². The number of aromatic nitrogens is 2. The molecular formula is C12H18ClN3O3S. The molecule has 0 saturated heterocycles. The maximum atomic E-state index is 12.3. The van der Waals surface area contributed by atoms with Gasteiger partial charge in [0.2, 0.25) is 0 Å². The molecule has 0 spiro atoms. The molecule has 0 bridgehead atoms. The standard InChI is InChI=1S/C12H18ClN3O3S/c1-8(7-20(2,18)19)15-11-10(13)5-14-16(12(11)17)6-9-3-4-9/h5,8-9,15H,3-4,6-7H2,1-2H3. The number of hydrogen-bond acceptors (Lipinski definition) is 5. The summed E-state index contributed by atoms with van der Waals surface area (Å²) < 4.78 is 23.9. The van der Waals surface area contributed by atoms with Gasteiger partial charge in [0.05, 0.1) is 17.0 Å². The van der Waals surface area contributed by atoms with Crippen LogP contribution in [0.3, 0.4) is 0 Å². The van der Waals surface area contributed by atoms with Gasteiger partial charge in [0.25, 0.3) is 5.56 Å². The summed E-state index contributed by atoms with van der Waals surface area (Å²) in [5.41, 5.74) is -0.0804. The van der Waals surface area contributed by atoms with Gasteiger partial charge in [-0.05, 0) is 25.7 Å². The molecule has 0 amide bonds. The number of nitrogens with one attached hydrogen (secondary N) is 1. The van der Waals surface area contributed by atoms with Crippen LogP contribution >= 0.6 is 11.6 Å². The molecule has 112 valence electrons. The van der Waals surface area contributed by atoms with Gasteiger partial charge < -0.3 is 5.32 Å². The number of hydrogen-bond donors (Lipinski definition) is 1. The minimum absolute atomic E-state index is 0.0618. The first-order valence-corrected chi connectivity index (χ1v) is 8.90. The topological polar surface area (TPSA) is 81.1 Å². The first-order valence-electron chi connectivity index (χ1n) is 6.46. The highest BCUT2D eigenvalue weighted by atomic mass is 35.5. The van der Waals surface area contributed by atoms with E-state index in [1.54, 1.807) is 6.92 Å². The molecule has 1 unspecified atom stereocenters. The molecule has 1 fully saturated rings. The number of nitrogens with zero attached hydrogens (tertiary/aromatic N) is 2. The Morgan fingerprint density at radius 1 is 1.55 bits per heavy atom. The third-order valence-electron chi connectivity index (χ3n) is 3.07. The van der Waals surface area contributed by atoms with Crippen molar-refractivity contribution in [3.05, 3.63) is 21.6 Å². The fraction of sp³-hybridized carbons (Fsp3) is 0.667. The molecule has 2 rings (SSSR count). The zero-order valence-electron chi connectivity index (χ0n) is 11.5. The van der Waals surface area contributed by atoms with Crippen LogP contribution in [0.1, 0.15) is 19.8 Å². The molecule has 8 heteroatoms. The van der Waals surface area contributed by atoms with Gasteiger partial charge in [0.15, 0.2) is 0 Å². The van der Waals surface area contributed by atoms with Crippen molar-refractivity contribution in [2.45, 2.75) is 32.4 Å². The quantitative estimate of drug-likeness (QED) is 0.850. The smallest absolute Gasteiger partial charge is 0.291 e. The lowest BCUT2D eigenvalue weighted by molar-refractivity contribution is 0.534.